The standard InChI is InChI=1S/C28H23Cl3N4O3/c29-19-7-9-24(22(14-19)26(36)17-4-2-1-3-5-17)32-28(37)18-10-12-35(13-11-18)16-25-33-27(34-38-25)21-8-6-20(30)15-23(21)31/h1-9,14-15,18H,10-13,16H2,(H,32,37). The van der Waals surface area contributed by atoms with E-state index in [2.05, 4.69) is 20.4 Å². The second-order valence-corrected chi connectivity index (χ2v) is 10.3. The van der Waals surface area contributed by atoms with Crippen molar-refractivity contribution in [1.82, 2.24) is 15.0 Å². The predicted molar refractivity (Wildman–Crippen MR) is 148 cm³/mol. The van der Waals surface area contributed by atoms with Crippen molar-refractivity contribution < 1.29 is 14.1 Å². The van der Waals surface area contributed by atoms with Crippen molar-refractivity contribution in [3.8, 4) is 11.4 Å². The fourth-order valence-corrected chi connectivity index (χ4v) is 5.10. The van der Waals surface area contributed by atoms with Crippen LogP contribution in [0.15, 0.2) is 71.3 Å². The Kier molecular flexibility index (Phi) is 8.09. The molecule has 0 atom stereocenters. The van der Waals surface area contributed by atoms with Crippen LogP contribution >= 0.6 is 34.8 Å². The Morgan fingerprint density at radius 3 is 2.39 bits per heavy atom. The lowest BCUT2D eigenvalue weighted by atomic mass is 9.95. The monoisotopic (exact) mass is 568 g/mol. The molecular formula is C28H23Cl3N4O3. The van der Waals surface area contributed by atoms with Crippen molar-refractivity contribution in [3.63, 3.8) is 0 Å². The molecule has 1 N–H and O–H groups in total. The van der Waals surface area contributed by atoms with Crippen molar-refractivity contribution in [2.45, 2.75) is 19.4 Å². The Morgan fingerprint density at radius 1 is 0.947 bits per heavy atom. The zero-order valence-electron chi connectivity index (χ0n) is 20.2. The molecular weight excluding hydrogens is 547 g/mol. The average molecular weight is 570 g/mol. The second kappa shape index (κ2) is 11.7. The van der Waals surface area contributed by atoms with Gasteiger partial charge in [-0.15, -0.1) is 0 Å². The number of benzene rings is 3. The molecule has 3 aromatic carbocycles. The minimum Gasteiger partial charge on any atom is -0.338 e. The first-order chi connectivity index (χ1) is 18.4. The maximum absolute atomic E-state index is 13.1. The van der Waals surface area contributed by atoms with Crippen molar-refractivity contribution in [3.05, 3.63) is 98.8 Å². The van der Waals surface area contributed by atoms with Crippen LogP contribution in [0, 0.1) is 5.92 Å². The largest absolute Gasteiger partial charge is 0.338 e. The van der Waals surface area contributed by atoms with Crippen LogP contribution in [0.3, 0.4) is 0 Å². The van der Waals surface area contributed by atoms with Gasteiger partial charge < -0.3 is 9.84 Å². The summed E-state index contributed by atoms with van der Waals surface area (Å²) >= 11 is 18.4. The molecule has 1 aliphatic heterocycles. The molecule has 1 aliphatic rings. The summed E-state index contributed by atoms with van der Waals surface area (Å²) in [6.45, 7) is 1.85. The number of hydrogen-bond donors (Lipinski definition) is 1. The van der Waals surface area contributed by atoms with Crippen LogP contribution in [0.1, 0.15) is 34.7 Å². The normalized spacial score (nSPS) is 14.4. The van der Waals surface area contributed by atoms with E-state index in [1.807, 2.05) is 6.07 Å². The molecule has 0 spiro atoms. The number of amides is 1. The van der Waals surface area contributed by atoms with E-state index in [9.17, 15) is 9.59 Å². The van der Waals surface area contributed by atoms with Crippen molar-refractivity contribution >= 4 is 52.2 Å². The number of hydrogen-bond acceptors (Lipinski definition) is 6. The molecule has 1 aromatic heterocycles. The number of ketones is 1. The molecule has 1 amide bonds. The zero-order chi connectivity index (χ0) is 26.6. The van der Waals surface area contributed by atoms with Crippen LogP contribution < -0.4 is 5.32 Å². The molecule has 1 saturated heterocycles. The summed E-state index contributed by atoms with van der Waals surface area (Å²) in [4.78, 5) is 32.8. The molecule has 194 valence electrons. The highest BCUT2D eigenvalue weighted by Crippen LogP contribution is 2.29. The predicted octanol–water partition coefficient (Wildman–Crippen LogP) is 6.78. The molecule has 2 heterocycles. The quantitative estimate of drug-likeness (QED) is 0.247. The number of nitrogens with zero attached hydrogens (tertiary/aromatic N) is 3. The number of halogens is 3. The average Bonchev–Trinajstić information content (AvgIpc) is 3.38. The third-order valence-electron chi connectivity index (χ3n) is 6.48. The summed E-state index contributed by atoms with van der Waals surface area (Å²) in [7, 11) is 0. The topological polar surface area (TPSA) is 88.3 Å². The van der Waals surface area contributed by atoms with E-state index in [1.54, 1.807) is 60.7 Å². The minimum atomic E-state index is -0.197. The Hall–Kier alpha value is -3.23. The lowest BCUT2D eigenvalue weighted by molar-refractivity contribution is -0.121. The first-order valence-electron chi connectivity index (χ1n) is 12.1. The fourth-order valence-electron chi connectivity index (χ4n) is 4.44. The molecule has 0 saturated carbocycles. The summed E-state index contributed by atoms with van der Waals surface area (Å²) < 4.78 is 5.43. The zero-order valence-corrected chi connectivity index (χ0v) is 22.4. The van der Waals surface area contributed by atoms with Gasteiger partial charge >= 0.3 is 0 Å². The highest BCUT2D eigenvalue weighted by atomic mass is 35.5. The molecule has 0 radical (unpaired) electrons. The Balaban J connectivity index is 1.19. The van der Waals surface area contributed by atoms with Gasteiger partial charge in [0.15, 0.2) is 5.78 Å². The first-order valence-corrected chi connectivity index (χ1v) is 13.2. The number of aromatic nitrogens is 2. The van der Waals surface area contributed by atoms with Crippen LogP contribution in [0.25, 0.3) is 11.4 Å². The summed E-state index contributed by atoms with van der Waals surface area (Å²) in [5, 5.41) is 8.41. The Bertz CT molecular complexity index is 1470. The summed E-state index contributed by atoms with van der Waals surface area (Å²) in [6, 6.07) is 18.9. The van der Waals surface area contributed by atoms with Crippen molar-refractivity contribution in [2.24, 2.45) is 5.92 Å². The number of piperidine rings is 1. The first kappa shape index (κ1) is 26.4. The summed E-state index contributed by atoms with van der Waals surface area (Å²) in [5.41, 5.74) is 1.99. The Morgan fingerprint density at radius 2 is 1.66 bits per heavy atom. The second-order valence-electron chi connectivity index (χ2n) is 9.06. The number of rotatable bonds is 7. The fraction of sp³-hybridized carbons (Fsp3) is 0.214. The Labute approximate surface area is 234 Å². The third-order valence-corrected chi connectivity index (χ3v) is 7.26. The SMILES string of the molecule is O=C(c1ccccc1)c1cc(Cl)ccc1NC(=O)C1CCN(Cc2nc(-c3ccc(Cl)cc3Cl)no2)CC1. The highest BCUT2D eigenvalue weighted by Gasteiger charge is 2.27. The number of anilines is 1. The number of likely N-dealkylation sites (tertiary alicyclic amines) is 1. The molecule has 7 nitrogen and oxygen atoms in total. The van der Waals surface area contributed by atoms with E-state index in [4.69, 9.17) is 39.3 Å². The van der Waals surface area contributed by atoms with Gasteiger partial charge in [-0.05, 0) is 62.3 Å². The van der Waals surface area contributed by atoms with Gasteiger partial charge in [-0.25, -0.2) is 0 Å². The summed E-state index contributed by atoms with van der Waals surface area (Å²) in [5.74, 6) is 0.371. The maximum atomic E-state index is 13.1. The molecule has 10 heteroatoms. The van der Waals surface area contributed by atoms with E-state index in [0.717, 1.165) is 0 Å². The maximum Gasteiger partial charge on any atom is 0.241 e. The molecule has 0 bridgehead atoms. The van der Waals surface area contributed by atoms with Gasteiger partial charge in [0.1, 0.15) is 0 Å². The van der Waals surface area contributed by atoms with E-state index < -0.39 is 0 Å². The molecule has 38 heavy (non-hydrogen) atoms. The van der Waals surface area contributed by atoms with E-state index in [0.29, 0.717) is 81.6 Å². The number of nitrogens with one attached hydrogen (secondary N) is 1. The van der Waals surface area contributed by atoms with Gasteiger partial charge in [0.05, 0.1) is 17.3 Å². The van der Waals surface area contributed by atoms with Crippen LogP contribution in [0.5, 0.6) is 0 Å². The van der Waals surface area contributed by atoms with Gasteiger partial charge in [0.25, 0.3) is 0 Å². The van der Waals surface area contributed by atoms with E-state index in [-0.39, 0.29) is 17.6 Å². The van der Waals surface area contributed by atoms with Gasteiger partial charge in [0, 0.05) is 32.7 Å². The lowest BCUT2D eigenvalue weighted by Gasteiger charge is -2.30. The molecule has 0 unspecified atom stereocenters. The molecule has 5 rings (SSSR count). The highest BCUT2D eigenvalue weighted by molar-refractivity contribution is 6.36. The minimum absolute atomic E-state index is 0.119. The van der Waals surface area contributed by atoms with Gasteiger partial charge in [-0.3, -0.25) is 14.5 Å². The van der Waals surface area contributed by atoms with Crippen molar-refractivity contribution in [2.75, 3.05) is 18.4 Å². The van der Waals surface area contributed by atoms with Gasteiger partial charge in [-0.2, -0.15) is 4.98 Å². The van der Waals surface area contributed by atoms with Crippen LogP contribution in [0.2, 0.25) is 15.1 Å². The summed E-state index contributed by atoms with van der Waals surface area (Å²) in [6.07, 6.45) is 1.32. The van der Waals surface area contributed by atoms with E-state index >= 15 is 0 Å². The van der Waals surface area contributed by atoms with Crippen molar-refractivity contribution in [1.29, 1.82) is 0 Å². The van der Waals surface area contributed by atoms with Crippen LogP contribution in [0.4, 0.5) is 5.69 Å². The van der Waals surface area contributed by atoms with Crippen LogP contribution in [-0.4, -0.2) is 39.8 Å². The molecule has 1 fully saturated rings. The van der Waals surface area contributed by atoms with Gasteiger partial charge in [0.2, 0.25) is 17.6 Å². The lowest BCUT2D eigenvalue weighted by Crippen LogP contribution is -2.38. The number of carbonyl (C=O) groups is 2. The number of carbonyl (C=O) groups excluding carboxylic acids is 2. The van der Waals surface area contributed by atoms with Gasteiger partial charge in [-0.1, -0.05) is 70.3 Å². The molecule has 0 aliphatic carbocycles. The third kappa shape index (κ3) is 6.08. The molecule has 4 aromatic rings. The smallest absolute Gasteiger partial charge is 0.241 e. The van der Waals surface area contributed by atoms with Crippen LogP contribution in [-0.2, 0) is 11.3 Å². The van der Waals surface area contributed by atoms with E-state index in [1.165, 1.54) is 0 Å².